The lowest BCUT2D eigenvalue weighted by molar-refractivity contribution is -0.137. The first kappa shape index (κ1) is 13.0. The molecule has 3 rings (SSSR count). The average Bonchev–Trinajstić information content (AvgIpc) is 2.83. The molecule has 102 valence electrons. The summed E-state index contributed by atoms with van der Waals surface area (Å²) in [5, 5.41) is 0.450. The molecule has 1 aromatic carbocycles. The largest absolute Gasteiger partial charge is 0.416 e. The predicted molar refractivity (Wildman–Crippen MR) is 70.6 cm³/mol. The van der Waals surface area contributed by atoms with E-state index in [2.05, 4.69) is 4.98 Å². The molecule has 0 aliphatic rings. The zero-order chi connectivity index (χ0) is 14.3. The molecule has 20 heavy (non-hydrogen) atoms. The minimum absolute atomic E-state index is 0.439. The van der Waals surface area contributed by atoms with E-state index in [1.807, 2.05) is 0 Å². The average molecular weight is 297 g/mol. The van der Waals surface area contributed by atoms with Crippen LogP contribution in [0.5, 0.6) is 0 Å². The number of fused-ring (bicyclic) bond motifs is 1. The quantitative estimate of drug-likeness (QED) is 0.637. The monoisotopic (exact) mass is 296 g/mol. The minimum atomic E-state index is -4.37. The molecule has 0 amide bonds. The Labute approximate surface area is 117 Å². The molecule has 0 atom stereocenters. The molecule has 0 N–H and O–H groups in total. The molecule has 2 nitrogen and oxygen atoms in total. The lowest BCUT2D eigenvalue weighted by Gasteiger charge is -2.08. The molecule has 2 heterocycles. The van der Waals surface area contributed by atoms with E-state index in [0.717, 1.165) is 12.1 Å². The molecule has 2 aromatic heterocycles. The summed E-state index contributed by atoms with van der Waals surface area (Å²) in [6.07, 6.45) is -1.14. The van der Waals surface area contributed by atoms with Gasteiger partial charge in [-0.05, 0) is 24.3 Å². The van der Waals surface area contributed by atoms with Crippen molar-refractivity contribution in [2.24, 2.45) is 0 Å². The molecule has 0 saturated carbocycles. The first-order valence-corrected chi connectivity index (χ1v) is 6.14. The third kappa shape index (κ3) is 2.14. The Morgan fingerprint density at radius 3 is 2.65 bits per heavy atom. The van der Waals surface area contributed by atoms with Gasteiger partial charge in [0.05, 0.1) is 22.5 Å². The number of hydrogen-bond acceptors (Lipinski definition) is 1. The summed E-state index contributed by atoms with van der Waals surface area (Å²) >= 11 is 6.00. The Bertz CT molecular complexity index is 777. The van der Waals surface area contributed by atoms with Gasteiger partial charge < -0.3 is 0 Å². The second kappa shape index (κ2) is 4.52. The van der Waals surface area contributed by atoms with Gasteiger partial charge in [0.25, 0.3) is 0 Å². The van der Waals surface area contributed by atoms with Crippen LogP contribution < -0.4 is 0 Å². The first-order valence-electron chi connectivity index (χ1n) is 5.76. The lowest BCUT2D eigenvalue weighted by Crippen LogP contribution is -2.04. The molecule has 0 radical (unpaired) electrons. The van der Waals surface area contributed by atoms with Gasteiger partial charge in [-0.2, -0.15) is 13.2 Å². The van der Waals surface area contributed by atoms with Crippen molar-refractivity contribution in [1.29, 1.82) is 0 Å². The second-order valence-electron chi connectivity index (χ2n) is 4.27. The highest BCUT2D eigenvalue weighted by atomic mass is 35.5. The highest BCUT2D eigenvalue weighted by Gasteiger charge is 2.30. The van der Waals surface area contributed by atoms with Crippen LogP contribution in [-0.4, -0.2) is 9.38 Å². The van der Waals surface area contributed by atoms with Gasteiger partial charge in [-0.3, -0.25) is 4.40 Å². The molecule has 3 aromatic rings. The molecule has 6 heteroatoms. The zero-order valence-corrected chi connectivity index (χ0v) is 10.8. The number of alkyl halides is 3. The van der Waals surface area contributed by atoms with Gasteiger partial charge in [0.15, 0.2) is 5.65 Å². The number of rotatable bonds is 1. The molecule has 0 aliphatic heterocycles. The normalized spacial score (nSPS) is 12.0. The smallest absolute Gasteiger partial charge is 0.298 e. The Balaban J connectivity index is 2.19. The van der Waals surface area contributed by atoms with Gasteiger partial charge in [-0.25, -0.2) is 4.98 Å². The first-order chi connectivity index (χ1) is 9.47. The fourth-order valence-corrected chi connectivity index (χ4v) is 2.26. The van der Waals surface area contributed by atoms with E-state index in [1.165, 1.54) is 12.3 Å². The van der Waals surface area contributed by atoms with Crippen LogP contribution in [0.1, 0.15) is 5.56 Å². The van der Waals surface area contributed by atoms with Gasteiger partial charge >= 0.3 is 6.18 Å². The van der Waals surface area contributed by atoms with Crippen molar-refractivity contribution >= 4 is 17.2 Å². The maximum Gasteiger partial charge on any atom is 0.416 e. The third-order valence-corrected chi connectivity index (χ3v) is 3.27. The van der Waals surface area contributed by atoms with E-state index in [9.17, 15) is 13.2 Å². The van der Waals surface area contributed by atoms with Crippen molar-refractivity contribution in [1.82, 2.24) is 9.38 Å². The summed E-state index contributed by atoms with van der Waals surface area (Å²) in [5.41, 5.74) is 0.830. The van der Waals surface area contributed by atoms with E-state index in [4.69, 9.17) is 11.6 Å². The Hall–Kier alpha value is -2.01. The third-order valence-electron chi connectivity index (χ3n) is 2.97. The lowest BCUT2D eigenvalue weighted by atomic mass is 10.1. The van der Waals surface area contributed by atoms with Crippen LogP contribution >= 0.6 is 11.6 Å². The van der Waals surface area contributed by atoms with Crippen molar-refractivity contribution in [3.05, 3.63) is 59.4 Å². The number of halogens is 4. The van der Waals surface area contributed by atoms with Crippen molar-refractivity contribution in [3.63, 3.8) is 0 Å². The Morgan fingerprint density at radius 2 is 1.90 bits per heavy atom. The highest BCUT2D eigenvalue weighted by molar-refractivity contribution is 6.33. The van der Waals surface area contributed by atoms with Crippen molar-refractivity contribution in [2.45, 2.75) is 6.18 Å². The predicted octanol–water partition coefficient (Wildman–Crippen LogP) is 4.67. The molecule has 0 fully saturated rings. The maximum atomic E-state index is 12.7. The summed E-state index contributed by atoms with van der Waals surface area (Å²) in [7, 11) is 0. The van der Waals surface area contributed by atoms with E-state index in [1.54, 1.807) is 28.8 Å². The summed E-state index contributed by atoms with van der Waals surface area (Å²) in [5.74, 6) is 0. The molecule has 0 aliphatic carbocycles. The van der Waals surface area contributed by atoms with Crippen LogP contribution in [0.4, 0.5) is 13.2 Å². The second-order valence-corrected chi connectivity index (χ2v) is 4.68. The van der Waals surface area contributed by atoms with Crippen molar-refractivity contribution in [3.8, 4) is 11.3 Å². The number of imidazole rings is 1. The van der Waals surface area contributed by atoms with Crippen molar-refractivity contribution in [2.75, 3.05) is 0 Å². The molecule has 0 spiro atoms. The van der Waals surface area contributed by atoms with E-state index < -0.39 is 11.7 Å². The number of benzene rings is 1. The summed E-state index contributed by atoms with van der Waals surface area (Å²) in [4.78, 5) is 4.14. The summed E-state index contributed by atoms with van der Waals surface area (Å²) in [6, 6.07) is 8.53. The van der Waals surface area contributed by atoms with Crippen LogP contribution in [-0.2, 0) is 6.18 Å². The fraction of sp³-hybridized carbons (Fsp3) is 0.0714. The molecule has 0 saturated heterocycles. The van der Waals surface area contributed by atoms with E-state index in [-0.39, 0.29) is 0 Å². The standard InChI is InChI=1S/C14H8ClF3N2/c15-11-5-2-6-20-12(8-19-13(11)20)9-3-1-4-10(7-9)14(16,17)18/h1-8H. The van der Waals surface area contributed by atoms with Gasteiger partial charge in [0, 0.05) is 11.8 Å². The van der Waals surface area contributed by atoms with Crippen LogP contribution in [0, 0.1) is 0 Å². The van der Waals surface area contributed by atoms with Gasteiger partial charge in [0.2, 0.25) is 0 Å². The van der Waals surface area contributed by atoms with Gasteiger partial charge in [-0.15, -0.1) is 0 Å². The van der Waals surface area contributed by atoms with Gasteiger partial charge in [0.1, 0.15) is 0 Å². The number of hydrogen-bond donors (Lipinski definition) is 0. The van der Waals surface area contributed by atoms with E-state index in [0.29, 0.717) is 21.9 Å². The van der Waals surface area contributed by atoms with Crippen LogP contribution in [0.25, 0.3) is 16.9 Å². The van der Waals surface area contributed by atoms with Crippen LogP contribution in [0.2, 0.25) is 5.02 Å². The Kier molecular flexibility index (Phi) is 2.94. The number of aromatic nitrogens is 2. The SMILES string of the molecule is FC(F)(F)c1cccc(-c2cnc3c(Cl)cccn23)c1. The summed E-state index contributed by atoms with van der Waals surface area (Å²) in [6.45, 7) is 0. The van der Waals surface area contributed by atoms with Crippen LogP contribution in [0.15, 0.2) is 48.8 Å². The molecular weight excluding hydrogens is 289 g/mol. The highest BCUT2D eigenvalue weighted by Crippen LogP contribution is 2.32. The Morgan fingerprint density at radius 1 is 1.10 bits per heavy atom. The summed E-state index contributed by atoms with van der Waals surface area (Å²) < 4.78 is 39.9. The maximum absolute atomic E-state index is 12.7. The minimum Gasteiger partial charge on any atom is -0.298 e. The fourth-order valence-electron chi connectivity index (χ4n) is 2.05. The van der Waals surface area contributed by atoms with Crippen LogP contribution in [0.3, 0.4) is 0 Å². The molecule has 0 unspecified atom stereocenters. The zero-order valence-electron chi connectivity index (χ0n) is 10.0. The number of pyridine rings is 1. The van der Waals surface area contributed by atoms with Gasteiger partial charge in [-0.1, -0.05) is 23.7 Å². The molecule has 0 bridgehead atoms. The van der Waals surface area contributed by atoms with Crippen molar-refractivity contribution < 1.29 is 13.2 Å². The molecular formula is C14H8ClF3N2. The van der Waals surface area contributed by atoms with E-state index >= 15 is 0 Å². The number of nitrogens with zero attached hydrogens (tertiary/aromatic N) is 2. The topological polar surface area (TPSA) is 17.3 Å².